The van der Waals surface area contributed by atoms with E-state index in [1.54, 1.807) is 36.4 Å². The van der Waals surface area contributed by atoms with E-state index in [9.17, 15) is 18.0 Å². The molecule has 0 aromatic heterocycles. The van der Waals surface area contributed by atoms with Gasteiger partial charge in [-0.1, -0.05) is 74.0 Å². The molecule has 202 valence electrons. The Morgan fingerprint density at radius 3 is 2.05 bits per heavy atom. The Hall–Kier alpha value is -3.65. The van der Waals surface area contributed by atoms with Crippen LogP contribution in [0.1, 0.15) is 42.5 Å². The molecule has 2 amide bonds. The van der Waals surface area contributed by atoms with Crippen LogP contribution in [0.3, 0.4) is 0 Å². The molecule has 1 N–H and O–H groups in total. The Bertz CT molecular complexity index is 1370. The molecule has 38 heavy (non-hydrogen) atoms. The van der Waals surface area contributed by atoms with Gasteiger partial charge in [0.15, 0.2) is 0 Å². The maximum absolute atomic E-state index is 14.0. The van der Waals surface area contributed by atoms with Gasteiger partial charge in [-0.15, -0.1) is 0 Å². The van der Waals surface area contributed by atoms with E-state index < -0.39 is 28.5 Å². The number of hydrogen-bond donors (Lipinski definition) is 1. The van der Waals surface area contributed by atoms with E-state index in [0.29, 0.717) is 18.5 Å². The summed E-state index contributed by atoms with van der Waals surface area (Å²) in [4.78, 5) is 28.5. The number of hydrogen-bond acceptors (Lipinski definition) is 4. The Morgan fingerprint density at radius 1 is 0.868 bits per heavy atom. The zero-order chi connectivity index (χ0) is 27.9. The van der Waals surface area contributed by atoms with Crippen molar-refractivity contribution in [2.75, 3.05) is 17.9 Å². The lowest BCUT2D eigenvalue weighted by Crippen LogP contribution is -2.52. The summed E-state index contributed by atoms with van der Waals surface area (Å²) in [5.74, 6) is -0.748. The molecular formula is C30H37N3O4S. The summed E-state index contributed by atoms with van der Waals surface area (Å²) in [6, 6.07) is 20.7. The van der Waals surface area contributed by atoms with Crippen molar-refractivity contribution in [3.05, 3.63) is 95.1 Å². The van der Waals surface area contributed by atoms with Gasteiger partial charge in [0.2, 0.25) is 11.8 Å². The molecule has 0 spiro atoms. The van der Waals surface area contributed by atoms with Crippen molar-refractivity contribution in [2.24, 2.45) is 0 Å². The highest BCUT2D eigenvalue weighted by atomic mass is 32.2. The van der Waals surface area contributed by atoms with E-state index in [2.05, 4.69) is 5.32 Å². The van der Waals surface area contributed by atoms with Gasteiger partial charge in [-0.3, -0.25) is 13.9 Å². The lowest BCUT2D eigenvalue weighted by Gasteiger charge is -2.33. The molecule has 0 saturated heterocycles. The van der Waals surface area contributed by atoms with Crippen molar-refractivity contribution >= 4 is 27.5 Å². The number of carbonyl (C=O) groups is 2. The van der Waals surface area contributed by atoms with Crippen LogP contribution in [-0.4, -0.2) is 44.8 Å². The van der Waals surface area contributed by atoms with Crippen LogP contribution < -0.4 is 9.62 Å². The molecule has 3 aromatic carbocycles. The van der Waals surface area contributed by atoms with Gasteiger partial charge in [0.1, 0.15) is 12.6 Å². The Balaban J connectivity index is 2.11. The van der Waals surface area contributed by atoms with Gasteiger partial charge in [-0.2, -0.15) is 0 Å². The van der Waals surface area contributed by atoms with Crippen LogP contribution in [0.4, 0.5) is 5.69 Å². The number of nitrogens with one attached hydrogen (secondary N) is 1. The average Bonchev–Trinajstić information content (AvgIpc) is 2.92. The van der Waals surface area contributed by atoms with E-state index >= 15 is 0 Å². The van der Waals surface area contributed by atoms with Gasteiger partial charge in [-0.05, 0) is 61.6 Å². The number of amides is 2. The summed E-state index contributed by atoms with van der Waals surface area (Å²) in [6.07, 6.45) is 0.973. The van der Waals surface area contributed by atoms with Crippen LogP contribution >= 0.6 is 0 Å². The van der Waals surface area contributed by atoms with Crippen LogP contribution in [0.5, 0.6) is 0 Å². The second-order valence-corrected chi connectivity index (χ2v) is 11.2. The molecule has 0 bridgehead atoms. The van der Waals surface area contributed by atoms with E-state index in [1.165, 1.54) is 16.3 Å². The summed E-state index contributed by atoms with van der Waals surface area (Å²) in [5, 5.41) is 2.65. The number of anilines is 1. The van der Waals surface area contributed by atoms with E-state index in [4.69, 9.17) is 0 Å². The van der Waals surface area contributed by atoms with Crippen LogP contribution in [0.25, 0.3) is 0 Å². The Labute approximate surface area is 226 Å². The maximum atomic E-state index is 14.0. The first-order valence-corrected chi connectivity index (χ1v) is 14.3. The number of benzene rings is 3. The summed E-state index contributed by atoms with van der Waals surface area (Å²) >= 11 is 0. The Morgan fingerprint density at radius 2 is 1.47 bits per heavy atom. The molecule has 3 aromatic rings. The zero-order valence-corrected chi connectivity index (χ0v) is 23.6. The SMILES string of the molecule is CCc1ccccc1N(CC(=O)N(Cc1ccccc1C)[C@H](CC)C(=O)NC)S(=O)(=O)c1ccc(C)cc1. The first-order valence-electron chi connectivity index (χ1n) is 12.9. The predicted octanol–water partition coefficient (Wildman–Crippen LogP) is 4.61. The number of sulfonamides is 1. The van der Waals surface area contributed by atoms with Gasteiger partial charge < -0.3 is 10.2 Å². The summed E-state index contributed by atoms with van der Waals surface area (Å²) in [6.45, 7) is 7.37. The predicted molar refractivity (Wildman–Crippen MR) is 151 cm³/mol. The molecule has 1 atom stereocenters. The molecule has 0 unspecified atom stereocenters. The van der Waals surface area contributed by atoms with Crippen LogP contribution in [0, 0.1) is 13.8 Å². The fraction of sp³-hybridized carbons (Fsp3) is 0.333. The maximum Gasteiger partial charge on any atom is 0.264 e. The second kappa shape index (κ2) is 12.7. The second-order valence-electron chi connectivity index (χ2n) is 9.29. The minimum absolute atomic E-state index is 0.102. The van der Waals surface area contributed by atoms with Crippen LogP contribution in [0.2, 0.25) is 0 Å². The van der Waals surface area contributed by atoms with E-state index in [-0.39, 0.29) is 17.3 Å². The smallest absolute Gasteiger partial charge is 0.264 e. The number of rotatable bonds is 11. The van der Waals surface area contributed by atoms with Gasteiger partial charge in [0.25, 0.3) is 10.0 Å². The molecule has 0 aliphatic heterocycles. The van der Waals surface area contributed by atoms with E-state index in [0.717, 1.165) is 22.3 Å². The molecule has 0 fully saturated rings. The van der Waals surface area contributed by atoms with Crippen molar-refractivity contribution in [1.29, 1.82) is 0 Å². The Kier molecular flexibility index (Phi) is 9.69. The van der Waals surface area contributed by atoms with Gasteiger partial charge in [0.05, 0.1) is 10.6 Å². The third kappa shape index (κ3) is 6.42. The molecule has 7 nitrogen and oxygen atoms in total. The van der Waals surface area contributed by atoms with Crippen molar-refractivity contribution < 1.29 is 18.0 Å². The number of nitrogens with zero attached hydrogens (tertiary/aromatic N) is 2. The normalized spacial score (nSPS) is 12.0. The molecule has 0 saturated carbocycles. The van der Waals surface area contributed by atoms with Crippen molar-refractivity contribution in [1.82, 2.24) is 10.2 Å². The molecular weight excluding hydrogens is 498 g/mol. The highest BCUT2D eigenvalue weighted by molar-refractivity contribution is 7.92. The average molecular weight is 536 g/mol. The minimum Gasteiger partial charge on any atom is -0.357 e. The molecule has 0 heterocycles. The fourth-order valence-corrected chi connectivity index (χ4v) is 5.91. The van der Waals surface area contributed by atoms with Gasteiger partial charge in [-0.25, -0.2) is 8.42 Å². The van der Waals surface area contributed by atoms with Crippen molar-refractivity contribution in [3.8, 4) is 0 Å². The number of para-hydroxylation sites is 1. The number of carbonyl (C=O) groups excluding carboxylic acids is 2. The standard InChI is InChI=1S/C30H37N3O4S/c1-6-24-13-10-11-15-28(24)33(38(36,37)26-18-16-22(3)17-19-26)21-29(34)32(27(7-2)30(35)31-5)20-25-14-9-8-12-23(25)4/h8-19,27H,6-7,20-21H2,1-5H3,(H,31,35)/t27-/m1/s1. The van der Waals surface area contributed by atoms with Crippen LogP contribution in [-0.2, 0) is 32.6 Å². The van der Waals surface area contributed by atoms with Crippen LogP contribution in [0.15, 0.2) is 77.7 Å². The summed E-state index contributed by atoms with van der Waals surface area (Å²) < 4.78 is 29.2. The molecule has 8 heteroatoms. The molecule has 0 aliphatic carbocycles. The molecule has 0 radical (unpaired) electrons. The summed E-state index contributed by atoms with van der Waals surface area (Å²) in [7, 11) is -2.55. The summed E-state index contributed by atoms with van der Waals surface area (Å²) in [5.41, 5.74) is 4.07. The lowest BCUT2D eigenvalue weighted by atomic mass is 10.1. The number of aryl methyl sites for hydroxylation is 3. The van der Waals surface area contributed by atoms with E-state index in [1.807, 2.05) is 64.1 Å². The quantitative estimate of drug-likeness (QED) is 0.388. The highest BCUT2D eigenvalue weighted by Crippen LogP contribution is 2.28. The molecule has 0 aliphatic rings. The minimum atomic E-state index is -4.09. The number of likely N-dealkylation sites (N-methyl/N-ethyl adjacent to an activating group) is 1. The first kappa shape index (κ1) is 28.9. The highest BCUT2D eigenvalue weighted by Gasteiger charge is 2.34. The molecule has 3 rings (SSSR count). The largest absolute Gasteiger partial charge is 0.357 e. The van der Waals surface area contributed by atoms with Gasteiger partial charge in [0, 0.05) is 13.6 Å². The zero-order valence-electron chi connectivity index (χ0n) is 22.8. The third-order valence-corrected chi connectivity index (χ3v) is 8.54. The van der Waals surface area contributed by atoms with Crippen molar-refractivity contribution in [3.63, 3.8) is 0 Å². The third-order valence-electron chi connectivity index (χ3n) is 6.76. The topological polar surface area (TPSA) is 86.8 Å². The first-order chi connectivity index (χ1) is 18.1. The van der Waals surface area contributed by atoms with Crippen molar-refractivity contribution in [2.45, 2.75) is 58.0 Å². The van der Waals surface area contributed by atoms with Gasteiger partial charge >= 0.3 is 0 Å². The lowest BCUT2D eigenvalue weighted by molar-refractivity contribution is -0.140. The fourth-order valence-electron chi connectivity index (χ4n) is 4.46. The monoisotopic (exact) mass is 535 g/mol.